The fraction of sp³-hybridized carbons (Fsp3) is 0.857. The molecule has 0 saturated carbocycles. The lowest BCUT2D eigenvalue weighted by atomic mass is 10.1. The van der Waals surface area contributed by atoms with Gasteiger partial charge in [0.25, 0.3) is 10.1 Å². The van der Waals surface area contributed by atoms with E-state index < -0.39 is 21.3 Å². The van der Waals surface area contributed by atoms with Crippen molar-refractivity contribution in [3.8, 4) is 0 Å². The highest BCUT2D eigenvalue weighted by Gasteiger charge is 2.29. The molecule has 0 aliphatic rings. The second-order valence-corrected chi connectivity index (χ2v) is 4.44. The van der Waals surface area contributed by atoms with Gasteiger partial charge < -0.3 is 5.11 Å². The average molecular weight is 210 g/mol. The van der Waals surface area contributed by atoms with Crippen LogP contribution in [0.25, 0.3) is 0 Å². The van der Waals surface area contributed by atoms with Gasteiger partial charge in [-0.05, 0) is 6.42 Å². The van der Waals surface area contributed by atoms with Crippen molar-refractivity contribution in [3.63, 3.8) is 0 Å². The highest BCUT2D eigenvalue weighted by Crippen LogP contribution is 2.10. The van der Waals surface area contributed by atoms with Gasteiger partial charge in [0.05, 0.1) is 0 Å². The van der Waals surface area contributed by atoms with E-state index in [0.29, 0.717) is 6.42 Å². The van der Waals surface area contributed by atoms with Gasteiger partial charge in [-0.15, -0.1) is 0 Å². The van der Waals surface area contributed by atoms with E-state index >= 15 is 0 Å². The lowest BCUT2D eigenvalue weighted by Crippen LogP contribution is -2.29. The molecule has 6 heteroatoms. The van der Waals surface area contributed by atoms with E-state index in [1.165, 1.54) is 0 Å². The first-order valence-corrected chi connectivity index (χ1v) is 5.59. The van der Waals surface area contributed by atoms with E-state index in [1.807, 2.05) is 6.92 Å². The highest BCUT2D eigenvalue weighted by atomic mass is 32.2. The molecule has 5 nitrogen and oxygen atoms in total. The Kier molecular flexibility index (Phi) is 4.94. The topological polar surface area (TPSA) is 91.7 Å². The predicted molar refractivity (Wildman–Crippen MR) is 47.1 cm³/mol. The Labute approximate surface area is 77.5 Å². The summed E-state index contributed by atoms with van der Waals surface area (Å²) in [4.78, 5) is 10.4. The van der Waals surface area contributed by atoms with E-state index in [2.05, 4.69) is 0 Å². The van der Waals surface area contributed by atoms with Gasteiger partial charge in [0, 0.05) is 0 Å². The van der Waals surface area contributed by atoms with Crippen LogP contribution < -0.4 is 0 Å². The number of unbranched alkanes of at least 4 members (excludes halogenated alkanes) is 2. The molecule has 78 valence electrons. The minimum Gasteiger partial charge on any atom is -0.480 e. The lowest BCUT2D eigenvalue weighted by molar-refractivity contribution is -0.136. The first-order chi connectivity index (χ1) is 5.89. The largest absolute Gasteiger partial charge is 0.480 e. The molecule has 0 spiro atoms. The van der Waals surface area contributed by atoms with Crippen LogP contribution in [0.1, 0.15) is 32.6 Å². The minimum atomic E-state index is -4.44. The summed E-state index contributed by atoms with van der Waals surface area (Å²) in [5.74, 6) is -1.49. The molecule has 13 heavy (non-hydrogen) atoms. The van der Waals surface area contributed by atoms with Crippen molar-refractivity contribution >= 4 is 16.1 Å². The van der Waals surface area contributed by atoms with Gasteiger partial charge in [-0.2, -0.15) is 8.42 Å². The van der Waals surface area contributed by atoms with Crippen molar-refractivity contribution in [1.82, 2.24) is 0 Å². The number of carboxylic acids is 1. The average Bonchev–Trinajstić information content (AvgIpc) is 1.94. The summed E-state index contributed by atoms with van der Waals surface area (Å²) < 4.78 is 29.6. The van der Waals surface area contributed by atoms with Crippen LogP contribution in [0.15, 0.2) is 0 Å². The molecule has 0 aliphatic heterocycles. The fourth-order valence-corrected chi connectivity index (χ4v) is 1.70. The number of carbonyl (C=O) groups is 1. The third-order valence-corrected chi connectivity index (χ3v) is 2.86. The van der Waals surface area contributed by atoms with E-state index in [1.54, 1.807) is 0 Å². The van der Waals surface area contributed by atoms with E-state index in [4.69, 9.17) is 9.66 Å². The number of rotatable bonds is 6. The van der Waals surface area contributed by atoms with Crippen molar-refractivity contribution in [1.29, 1.82) is 0 Å². The first kappa shape index (κ1) is 12.4. The Bertz CT molecular complexity index is 256. The molecule has 0 rings (SSSR count). The molecule has 0 aromatic rings. The van der Waals surface area contributed by atoms with Crippen molar-refractivity contribution in [2.24, 2.45) is 0 Å². The first-order valence-electron chi connectivity index (χ1n) is 4.08. The maximum atomic E-state index is 10.5. The van der Waals surface area contributed by atoms with Crippen molar-refractivity contribution in [2.75, 3.05) is 0 Å². The van der Waals surface area contributed by atoms with Gasteiger partial charge in [-0.25, -0.2) is 0 Å². The standard InChI is InChI=1S/C7H14O5S/c1-2-3-4-5-6(7(8)9)13(10,11)12/h6H,2-5H2,1H3,(H,8,9)(H,10,11,12). The molecule has 0 bridgehead atoms. The maximum Gasteiger partial charge on any atom is 0.324 e. The van der Waals surface area contributed by atoms with Gasteiger partial charge in [-0.1, -0.05) is 26.2 Å². The van der Waals surface area contributed by atoms with Gasteiger partial charge in [0.1, 0.15) is 0 Å². The lowest BCUT2D eigenvalue weighted by Gasteiger charge is -2.07. The van der Waals surface area contributed by atoms with Crippen LogP contribution in [0, 0.1) is 0 Å². The molecule has 0 radical (unpaired) electrons. The third kappa shape index (κ3) is 4.84. The molecule has 1 atom stereocenters. The summed E-state index contributed by atoms with van der Waals surface area (Å²) in [6.07, 6.45) is 2.10. The number of hydrogen-bond acceptors (Lipinski definition) is 3. The highest BCUT2D eigenvalue weighted by molar-refractivity contribution is 7.87. The second kappa shape index (κ2) is 5.18. The van der Waals surface area contributed by atoms with Crippen molar-refractivity contribution in [3.05, 3.63) is 0 Å². The Morgan fingerprint density at radius 3 is 2.23 bits per heavy atom. The summed E-state index contributed by atoms with van der Waals surface area (Å²) in [6, 6.07) is 0. The Morgan fingerprint density at radius 2 is 1.92 bits per heavy atom. The van der Waals surface area contributed by atoms with E-state index in [-0.39, 0.29) is 6.42 Å². The van der Waals surface area contributed by atoms with Crippen LogP contribution in [0.4, 0.5) is 0 Å². The van der Waals surface area contributed by atoms with Gasteiger partial charge in [0.2, 0.25) is 0 Å². The molecule has 0 heterocycles. The monoisotopic (exact) mass is 210 g/mol. The zero-order chi connectivity index (χ0) is 10.5. The maximum absolute atomic E-state index is 10.5. The van der Waals surface area contributed by atoms with Gasteiger partial charge >= 0.3 is 5.97 Å². The van der Waals surface area contributed by atoms with Crippen LogP contribution in [-0.2, 0) is 14.9 Å². The van der Waals surface area contributed by atoms with Gasteiger partial charge in [0.15, 0.2) is 5.25 Å². The number of carboxylic acid groups (broad SMARTS) is 1. The minimum absolute atomic E-state index is 0.0258. The summed E-state index contributed by atoms with van der Waals surface area (Å²) in [7, 11) is -4.44. The van der Waals surface area contributed by atoms with Crippen LogP contribution in [0.3, 0.4) is 0 Å². The predicted octanol–water partition coefficient (Wildman–Crippen LogP) is 0.908. The number of aliphatic carboxylic acids is 1. The quantitative estimate of drug-likeness (QED) is 0.502. The van der Waals surface area contributed by atoms with Crippen LogP contribution in [0.2, 0.25) is 0 Å². The molecule has 0 fully saturated rings. The fourth-order valence-electron chi connectivity index (χ4n) is 0.980. The van der Waals surface area contributed by atoms with E-state index in [0.717, 1.165) is 12.8 Å². The normalized spacial score (nSPS) is 14.0. The molecule has 0 aromatic carbocycles. The zero-order valence-electron chi connectivity index (χ0n) is 7.43. The zero-order valence-corrected chi connectivity index (χ0v) is 8.25. The van der Waals surface area contributed by atoms with Crippen molar-refractivity contribution < 1.29 is 22.9 Å². The Balaban J connectivity index is 4.22. The smallest absolute Gasteiger partial charge is 0.324 e. The van der Waals surface area contributed by atoms with E-state index in [9.17, 15) is 13.2 Å². The van der Waals surface area contributed by atoms with Crippen LogP contribution >= 0.6 is 0 Å². The molecular formula is C7H14O5S. The molecule has 0 aromatic heterocycles. The molecule has 2 N–H and O–H groups in total. The second-order valence-electron chi connectivity index (χ2n) is 2.84. The molecule has 0 aliphatic carbocycles. The Hall–Kier alpha value is -0.620. The van der Waals surface area contributed by atoms with Gasteiger partial charge in [-0.3, -0.25) is 9.35 Å². The van der Waals surface area contributed by atoms with Crippen LogP contribution in [0.5, 0.6) is 0 Å². The summed E-state index contributed by atoms with van der Waals surface area (Å²) in [6.45, 7) is 1.92. The third-order valence-electron chi connectivity index (χ3n) is 1.70. The SMILES string of the molecule is CCCCCC(C(=O)O)S(=O)(=O)O. The summed E-state index contributed by atoms with van der Waals surface area (Å²) in [5, 5.41) is 6.80. The summed E-state index contributed by atoms with van der Waals surface area (Å²) >= 11 is 0. The molecule has 0 saturated heterocycles. The van der Waals surface area contributed by atoms with Crippen LogP contribution in [-0.4, -0.2) is 29.3 Å². The summed E-state index contributed by atoms with van der Waals surface area (Å²) in [5.41, 5.74) is 0. The Morgan fingerprint density at radius 1 is 1.38 bits per heavy atom. The number of hydrogen-bond donors (Lipinski definition) is 2. The van der Waals surface area contributed by atoms with Crippen molar-refractivity contribution in [2.45, 2.75) is 37.9 Å². The molecule has 0 amide bonds. The molecular weight excluding hydrogens is 196 g/mol. The molecule has 1 unspecified atom stereocenters.